The smallest absolute Gasteiger partial charge is 0.239 e. The molecule has 0 spiro atoms. The maximum atomic E-state index is 12.6. The van der Waals surface area contributed by atoms with Gasteiger partial charge in [-0.2, -0.15) is 0 Å². The molecule has 27 heavy (non-hydrogen) atoms. The van der Waals surface area contributed by atoms with Crippen LogP contribution in [0.15, 0.2) is 4.99 Å². The van der Waals surface area contributed by atoms with Crippen LogP contribution in [-0.4, -0.2) is 97.9 Å². The molecular formula is C19H34N6O2. The summed E-state index contributed by atoms with van der Waals surface area (Å²) < 4.78 is 0. The number of hydrogen-bond donors (Lipinski definition) is 2. The highest BCUT2D eigenvalue weighted by Crippen LogP contribution is 2.28. The fourth-order valence-electron chi connectivity index (χ4n) is 3.86. The molecule has 0 aromatic carbocycles. The number of aliphatic imine (C=N–C) groups is 1. The van der Waals surface area contributed by atoms with E-state index in [4.69, 9.17) is 0 Å². The van der Waals surface area contributed by atoms with Crippen LogP contribution in [0.5, 0.6) is 0 Å². The number of likely N-dealkylation sites (tertiary alicyclic amines) is 1. The average molecular weight is 379 g/mol. The first-order chi connectivity index (χ1) is 13.1. The third-order valence-corrected chi connectivity index (χ3v) is 5.80. The fraction of sp³-hybridized carbons (Fsp3) is 0.842. The molecule has 0 aromatic rings. The Kier molecular flexibility index (Phi) is 6.93. The lowest BCUT2D eigenvalue weighted by molar-refractivity contribution is -0.135. The van der Waals surface area contributed by atoms with Crippen LogP contribution >= 0.6 is 0 Å². The van der Waals surface area contributed by atoms with Gasteiger partial charge in [-0.3, -0.25) is 19.5 Å². The molecule has 8 nitrogen and oxygen atoms in total. The molecule has 0 aromatic heterocycles. The minimum Gasteiger partial charge on any atom is -0.354 e. The number of guanidine groups is 1. The molecule has 3 aliphatic rings. The summed E-state index contributed by atoms with van der Waals surface area (Å²) in [7, 11) is 1.79. The van der Waals surface area contributed by atoms with Gasteiger partial charge in [0.05, 0.1) is 6.04 Å². The molecule has 2 aliphatic heterocycles. The van der Waals surface area contributed by atoms with Crippen molar-refractivity contribution in [1.29, 1.82) is 0 Å². The average Bonchev–Trinajstić information content (AvgIpc) is 3.41. The van der Waals surface area contributed by atoms with Crippen LogP contribution in [0.2, 0.25) is 0 Å². The molecule has 1 saturated carbocycles. The number of carbonyl (C=O) groups excluding carboxylic acids is 2. The van der Waals surface area contributed by atoms with Gasteiger partial charge >= 0.3 is 0 Å². The Hall–Kier alpha value is -1.83. The first-order valence-electron chi connectivity index (χ1n) is 10.4. The van der Waals surface area contributed by atoms with Gasteiger partial charge in [0.15, 0.2) is 5.96 Å². The Morgan fingerprint density at radius 2 is 1.59 bits per heavy atom. The quantitative estimate of drug-likeness (QED) is 0.377. The minimum absolute atomic E-state index is 0.0436. The second-order valence-corrected chi connectivity index (χ2v) is 7.77. The Balaban J connectivity index is 1.37. The summed E-state index contributed by atoms with van der Waals surface area (Å²) in [6.07, 6.45) is 4.33. The van der Waals surface area contributed by atoms with Crippen LogP contribution in [0.4, 0.5) is 0 Å². The second kappa shape index (κ2) is 9.39. The molecule has 2 saturated heterocycles. The summed E-state index contributed by atoms with van der Waals surface area (Å²) in [5, 5.41) is 6.30. The molecular weight excluding hydrogens is 344 g/mol. The zero-order valence-electron chi connectivity index (χ0n) is 16.7. The first-order valence-corrected chi connectivity index (χ1v) is 10.4. The van der Waals surface area contributed by atoms with Gasteiger partial charge in [-0.15, -0.1) is 0 Å². The number of nitrogens with zero attached hydrogens (tertiary/aromatic N) is 4. The molecule has 0 bridgehead atoms. The van der Waals surface area contributed by atoms with Crippen molar-refractivity contribution in [3.8, 4) is 0 Å². The number of hydrogen-bond acceptors (Lipinski definition) is 4. The third-order valence-electron chi connectivity index (χ3n) is 5.80. The number of nitrogens with one attached hydrogen (secondary N) is 2. The summed E-state index contributed by atoms with van der Waals surface area (Å²) in [4.78, 5) is 35.1. The molecule has 8 heteroatoms. The summed E-state index contributed by atoms with van der Waals surface area (Å²) >= 11 is 0. The van der Waals surface area contributed by atoms with Crippen LogP contribution < -0.4 is 10.6 Å². The lowest BCUT2D eigenvalue weighted by atomic mass is 10.2. The van der Waals surface area contributed by atoms with Gasteiger partial charge in [0, 0.05) is 65.3 Å². The van der Waals surface area contributed by atoms with Crippen molar-refractivity contribution in [1.82, 2.24) is 25.3 Å². The van der Waals surface area contributed by atoms with E-state index in [1.165, 1.54) is 0 Å². The van der Waals surface area contributed by atoms with Crippen molar-refractivity contribution in [2.24, 2.45) is 10.9 Å². The largest absolute Gasteiger partial charge is 0.354 e. The first kappa shape index (κ1) is 19.9. The van der Waals surface area contributed by atoms with Crippen LogP contribution in [0.25, 0.3) is 0 Å². The summed E-state index contributed by atoms with van der Waals surface area (Å²) in [5.41, 5.74) is 0. The topological polar surface area (TPSA) is 80.3 Å². The van der Waals surface area contributed by atoms with Gasteiger partial charge in [-0.25, -0.2) is 0 Å². The standard InChI is InChI=1S/C19H34N6O2/c1-15(18(27)24-9-3-4-10-24)23-11-13-25(14-12-23)19(20-2)22-8-7-21-17(26)16-5-6-16/h15-16H,3-14H2,1-2H3,(H,20,22)(H,21,26). The zero-order chi connectivity index (χ0) is 19.2. The Morgan fingerprint density at radius 3 is 2.19 bits per heavy atom. The monoisotopic (exact) mass is 378 g/mol. The van der Waals surface area contributed by atoms with E-state index in [1.807, 2.05) is 11.8 Å². The summed E-state index contributed by atoms with van der Waals surface area (Å²) in [6.45, 7) is 8.59. The Bertz CT molecular complexity index is 548. The van der Waals surface area contributed by atoms with E-state index in [0.29, 0.717) is 13.1 Å². The Morgan fingerprint density at radius 1 is 0.963 bits per heavy atom. The van der Waals surface area contributed by atoms with Crippen molar-refractivity contribution in [2.75, 3.05) is 59.4 Å². The molecule has 3 fully saturated rings. The molecule has 1 unspecified atom stereocenters. The highest BCUT2D eigenvalue weighted by molar-refractivity contribution is 5.82. The highest BCUT2D eigenvalue weighted by Gasteiger charge is 2.31. The van der Waals surface area contributed by atoms with E-state index in [2.05, 4.69) is 25.4 Å². The van der Waals surface area contributed by atoms with Gasteiger partial charge in [-0.1, -0.05) is 0 Å². The molecule has 1 atom stereocenters. The predicted octanol–water partition coefficient (Wildman–Crippen LogP) is -0.283. The van der Waals surface area contributed by atoms with Crippen LogP contribution in [-0.2, 0) is 9.59 Å². The van der Waals surface area contributed by atoms with Gasteiger partial charge in [0.2, 0.25) is 11.8 Å². The van der Waals surface area contributed by atoms with Crippen LogP contribution in [0.3, 0.4) is 0 Å². The molecule has 2 N–H and O–H groups in total. The lowest BCUT2D eigenvalue weighted by Gasteiger charge is -2.39. The summed E-state index contributed by atoms with van der Waals surface area (Å²) in [6, 6.07) is -0.0436. The van der Waals surface area contributed by atoms with Gasteiger partial charge < -0.3 is 20.4 Å². The maximum Gasteiger partial charge on any atom is 0.239 e. The van der Waals surface area contributed by atoms with Gasteiger partial charge in [0.25, 0.3) is 0 Å². The Labute approximate surface area is 162 Å². The molecule has 152 valence electrons. The van der Waals surface area contributed by atoms with Crippen molar-refractivity contribution in [3.63, 3.8) is 0 Å². The van der Waals surface area contributed by atoms with E-state index < -0.39 is 0 Å². The van der Waals surface area contributed by atoms with E-state index in [9.17, 15) is 9.59 Å². The van der Waals surface area contributed by atoms with E-state index in [1.54, 1.807) is 7.05 Å². The normalized spacial score (nSPS) is 22.7. The molecule has 3 rings (SSSR count). The number of piperazine rings is 1. The maximum absolute atomic E-state index is 12.6. The van der Waals surface area contributed by atoms with Crippen molar-refractivity contribution in [2.45, 2.75) is 38.6 Å². The van der Waals surface area contributed by atoms with Crippen molar-refractivity contribution < 1.29 is 9.59 Å². The van der Waals surface area contributed by atoms with Gasteiger partial charge in [-0.05, 0) is 32.6 Å². The number of carbonyl (C=O) groups is 2. The third kappa shape index (κ3) is 5.34. The highest BCUT2D eigenvalue weighted by atomic mass is 16.2. The van der Waals surface area contributed by atoms with Gasteiger partial charge in [0.1, 0.15) is 0 Å². The lowest BCUT2D eigenvalue weighted by Crippen LogP contribution is -2.57. The summed E-state index contributed by atoms with van der Waals surface area (Å²) in [5.74, 6) is 1.57. The minimum atomic E-state index is -0.0436. The number of amides is 2. The second-order valence-electron chi connectivity index (χ2n) is 7.77. The fourth-order valence-corrected chi connectivity index (χ4v) is 3.86. The van der Waals surface area contributed by atoms with E-state index in [-0.39, 0.29) is 23.8 Å². The van der Waals surface area contributed by atoms with Crippen LogP contribution in [0, 0.1) is 5.92 Å². The molecule has 2 amide bonds. The SMILES string of the molecule is CN=C(NCCNC(=O)C1CC1)N1CCN(C(C)C(=O)N2CCCC2)CC1. The van der Waals surface area contributed by atoms with E-state index in [0.717, 1.165) is 70.9 Å². The zero-order valence-corrected chi connectivity index (χ0v) is 16.7. The predicted molar refractivity (Wildman–Crippen MR) is 106 cm³/mol. The van der Waals surface area contributed by atoms with E-state index >= 15 is 0 Å². The van der Waals surface area contributed by atoms with Crippen LogP contribution in [0.1, 0.15) is 32.6 Å². The molecule has 1 aliphatic carbocycles. The number of rotatable bonds is 6. The molecule has 2 heterocycles. The molecule has 0 radical (unpaired) electrons. The van der Waals surface area contributed by atoms with Crippen molar-refractivity contribution >= 4 is 17.8 Å². The van der Waals surface area contributed by atoms with Crippen molar-refractivity contribution in [3.05, 3.63) is 0 Å².